The van der Waals surface area contributed by atoms with E-state index in [1.807, 2.05) is 0 Å². The minimum atomic E-state index is -0.691. The Labute approximate surface area is 229 Å². The molecule has 210 valence electrons. The number of esters is 1. The first-order valence-corrected chi connectivity index (χ1v) is 12.6. The van der Waals surface area contributed by atoms with Gasteiger partial charge < -0.3 is 19.5 Å². The van der Waals surface area contributed by atoms with Crippen LogP contribution in [0.2, 0.25) is 0 Å². The maximum atomic E-state index is 14.6. The Morgan fingerprint density at radius 3 is 2.58 bits per heavy atom. The molecule has 1 amide bonds. The Morgan fingerprint density at radius 2 is 1.93 bits per heavy atom. The zero-order valence-corrected chi connectivity index (χ0v) is 22.6. The number of amides is 1. The van der Waals surface area contributed by atoms with Gasteiger partial charge in [-0.3, -0.25) is 9.89 Å². The number of carbonyl (C=O) groups is 2. The van der Waals surface area contributed by atoms with Gasteiger partial charge >= 0.3 is 12.1 Å². The van der Waals surface area contributed by atoms with Crippen molar-refractivity contribution in [2.45, 2.75) is 52.2 Å². The zero-order valence-electron chi connectivity index (χ0n) is 22.6. The van der Waals surface area contributed by atoms with Crippen molar-refractivity contribution in [3.05, 3.63) is 66.5 Å². The first-order chi connectivity index (χ1) is 19.1. The Morgan fingerprint density at radius 1 is 1.15 bits per heavy atom. The second-order valence-corrected chi connectivity index (χ2v) is 9.76. The summed E-state index contributed by atoms with van der Waals surface area (Å²) in [7, 11) is 0. The number of hydrogen-bond donors (Lipinski definition) is 2. The lowest BCUT2D eigenvalue weighted by molar-refractivity contribution is -0.143. The summed E-state index contributed by atoms with van der Waals surface area (Å²) in [5, 5.41) is 18.1. The molecule has 4 rings (SSSR count). The summed E-state index contributed by atoms with van der Waals surface area (Å²) in [4.78, 5) is 29.9. The molecule has 0 aliphatic carbocycles. The van der Waals surface area contributed by atoms with Crippen LogP contribution in [-0.2, 0) is 20.7 Å². The van der Waals surface area contributed by atoms with Crippen LogP contribution >= 0.6 is 0 Å². The Bertz CT molecular complexity index is 1430. The molecule has 3 heterocycles. The zero-order chi connectivity index (χ0) is 28.7. The number of rotatable bonds is 10. The summed E-state index contributed by atoms with van der Waals surface area (Å²) in [5.74, 6) is -0.867. The molecule has 0 bridgehead atoms. The van der Waals surface area contributed by atoms with Gasteiger partial charge in [-0.05, 0) is 64.1 Å². The average Bonchev–Trinajstić information content (AvgIpc) is 3.57. The van der Waals surface area contributed by atoms with Crippen LogP contribution in [0, 0.1) is 5.82 Å². The van der Waals surface area contributed by atoms with Crippen molar-refractivity contribution in [1.82, 2.24) is 35.5 Å². The first kappa shape index (κ1) is 28.2. The molecule has 12 nitrogen and oxygen atoms in total. The molecule has 1 aromatic carbocycles. The van der Waals surface area contributed by atoms with Crippen LogP contribution in [-0.4, -0.2) is 60.5 Å². The van der Waals surface area contributed by atoms with Crippen LogP contribution < -0.4 is 10.1 Å². The lowest BCUT2D eigenvalue weighted by atomic mass is 10.1. The van der Waals surface area contributed by atoms with Crippen LogP contribution in [0.3, 0.4) is 0 Å². The third-order valence-electron chi connectivity index (χ3n) is 5.34. The highest BCUT2D eigenvalue weighted by molar-refractivity contribution is 5.73. The molecule has 0 radical (unpaired) electrons. The highest BCUT2D eigenvalue weighted by atomic mass is 19.1. The molecule has 2 N–H and O–H groups in total. The van der Waals surface area contributed by atoms with E-state index in [-0.39, 0.29) is 25.3 Å². The lowest BCUT2D eigenvalue weighted by Crippen LogP contribution is -2.41. The van der Waals surface area contributed by atoms with Crippen LogP contribution in [0.15, 0.2) is 55.0 Å². The minimum Gasteiger partial charge on any atom is -0.466 e. The fourth-order valence-corrected chi connectivity index (χ4v) is 3.66. The number of nitrogens with one attached hydrogen (secondary N) is 2. The number of carbonyl (C=O) groups excluding carboxylic acids is 2. The molecule has 1 atom stereocenters. The molecule has 3 aromatic heterocycles. The number of ether oxygens (including phenoxy) is 3. The number of pyridine rings is 1. The summed E-state index contributed by atoms with van der Waals surface area (Å²) in [5.41, 5.74) is 1.64. The second-order valence-electron chi connectivity index (χ2n) is 9.76. The summed E-state index contributed by atoms with van der Waals surface area (Å²) < 4.78 is 30.5. The van der Waals surface area contributed by atoms with Crippen molar-refractivity contribution in [2.75, 3.05) is 6.61 Å². The van der Waals surface area contributed by atoms with E-state index in [1.54, 1.807) is 70.4 Å². The first-order valence-electron chi connectivity index (χ1n) is 12.6. The van der Waals surface area contributed by atoms with Gasteiger partial charge in [0.25, 0.3) is 5.88 Å². The number of benzene rings is 1. The quantitative estimate of drug-likeness (QED) is 0.274. The average molecular weight is 552 g/mol. The number of hydrogen-bond acceptors (Lipinski definition) is 9. The van der Waals surface area contributed by atoms with Crippen molar-refractivity contribution in [3.63, 3.8) is 0 Å². The molecule has 40 heavy (non-hydrogen) atoms. The standard InChI is InChI=1S/C27H30FN7O5/c1-5-38-24(36)14-18(32-26(37)40-27(2,3)4)13-19-16-31-35(34-19)20-6-8-21(9-7-20)39-25-22(28)12-17(15-29-25)23-10-11-30-33-23/h6-12,15-16,18H,5,13-14H2,1-4H3,(H,30,33)(H,32,37). The van der Waals surface area contributed by atoms with E-state index >= 15 is 0 Å². The maximum Gasteiger partial charge on any atom is 0.407 e. The highest BCUT2D eigenvalue weighted by Crippen LogP contribution is 2.26. The van der Waals surface area contributed by atoms with Crippen molar-refractivity contribution < 1.29 is 28.2 Å². The van der Waals surface area contributed by atoms with E-state index in [0.29, 0.717) is 28.4 Å². The molecule has 0 aliphatic heterocycles. The van der Waals surface area contributed by atoms with Gasteiger partial charge in [0.1, 0.15) is 11.4 Å². The van der Waals surface area contributed by atoms with Crippen molar-refractivity contribution in [3.8, 4) is 28.6 Å². The van der Waals surface area contributed by atoms with Gasteiger partial charge in [0.2, 0.25) is 0 Å². The van der Waals surface area contributed by atoms with Crippen molar-refractivity contribution >= 4 is 12.1 Å². The minimum absolute atomic E-state index is 0.0561. The third kappa shape index (κ3) is 7.85. The molecule has 0 spiro atoms. The normalized spacial score (nSPS) is 12.0. The van der Waals surface area contributed by atoms with E-state index < -0.39 is 29.5 Å². The molecule has 0 saturated carbocycles. The number of aromatic nitrogens is 6. The van der Waals surface area contributed by atoms with E-state index in [4.69, 9.17) is 14.2 Å². The summed E-state index contributed by atoms with van der Waals surface area (Å²) in [6.45, 7) is 7.19. The van der Waals surface area contributed by atoms with E-state index in [9.17, 15) is 14.0 Å². The predicted octanol–water partition coefficient (Wildman–Crippen LogP) is 4.37. The van der Waals surface area contributed by atoms with Crippen LogP contribution in [0.1, 0.15) is 39.8 Å². The topological polar surface area (TPSA) is 146 Å². The molecular weight excluding hydrogens is 521 g/mol. The molecule has 0 saturated heterocycles. The number of nitrogens with zero attached hydrogens (tertiary/aromatic N) is 5. The fraction of sp³-hybridized carbons (Fsp3) is 0.333. The van der Waals surface area contributed by atoms with E-state index in [1.165, 1.54) is 17.1 Å². The largest absolute Gasteiger partial charge is 0.466 e. The van der Waals surface area contributed by atoms with Gasteiger partial charge in [-0.15, -0.1) is 0 Å². The van der Waals surface area contributed by atoms with E-state index in [0.717, 1.165) is 0 Å². The molecule has 1 unspecified atom stereocenters. The SMILES string of the molecule is CCOC(=O)CC(Cc1cnn(-c2ccc(Oc3ncc(-c4ccn[nH]4)cc3F)cc2)n1)NC(=O)OC(C)(C)C. The Hall–Kier alpha value is -4.81. The van der Waals surface area contributed by atoms with Crippen molar-refractivity contribution in [1.29, 1.82) is 0 Å². The predicted molar refractivity (Wildman–Crippen MR) is 141 cm³/mol. The monoisotopic (exact) mass is 551 g/mol. The Kier molecular flexibility index (Phi) is 8.72. The molecule has 0 aliphatic rings. The molecular formula is C27H30FN7O5. The highest BCUT2D eigenvalue weighted by Gasteiger charge is 2.23. The fourth-order valence-electron chi connectivity index (χ4n) is 3.66. The summed E-state index contributed by atoms with van der Waals surface area (Å²) in [6.07, 6.45) is 4.12. The smallest absolute Gasteiger partial charge is 0.407 e. The number of aromatic amines is 1. The van der Waals surface area contributed by atoms with E-state index in [2.05, 4.69) is 30.7 Å². The Balaban J connectivity index is 1.41. The molecule has 0 fully saturated rings. The third-order valence-corrected chi connectivity index (χ3v) is 5.34. The second kappa shape index (κ2) is 12.4. The lowest BCUT2D eigenvalue weighted by Gasteiger charge is -2.23. The molecule has 13 heteroatoms. The summed E-state index contributed by atoms with van der Waals surface area (Å²) in [6, 6.07) is 9.08. The van der Waals surface area contributed by atoms with Gasteiger partial charge in [-0.1, -0.05) is 0 Å². The van der Waals surface area contributed by atoms with Gasteiger partial charge in [-0.25, -0.2) is 14.2 Å². The van der Waals surface area contributed by atoms with Gasteiger partial charge in [-0.2, -0.15) is 20.1 Å². The number of halogens is 1. The van der Waals surface area contributed by atoms with Gasteiger partial charge in [0, 0.05) is 30.4 Å². The molecule has 4 aromatic rings. The van der Waals surface area contributed by atoms with Gasteiger partial charge in [0.15, 0.2) is 5.82 Å². The number of H-pyrrole nitrogens is 1. The van der Waals surface area contributed by atoms with Crippen molar-refractivity contribution in [2.24, 2.45) is 0 Å². The van der Waals surface area contributed by atoms with Gasteiger partial charge in [0.05, 0.1) is 36.3 Å². The van der Waals surface area contributed by atoms with Crippen LogP contribution in [0.25, 0.3) is 16.9 Å². The van der Waals surface area contributed by atoms with Crippen LogP contribution in [0.5, 0.6) is 11.6 Å². The maximum absolute atomic E-state index is 14.6. The number of alkyl carbamates (subject to hydrolysis) is 1. The summed E-state index contributed by atoms with van der Waals surface area (Å²) >= 11 is 0. The van der Waals surface area contributed by atoms with Crippen LogP contribution in [0.4, 0.5) is 9.18 Å².